The standard InChI is InChI=1S/C32H39N5O5S/c1-32(2,3)21-18-27(30(41-6)28(19-21)36-43(7,39)40)35-31(38)34-26-12-13-29(25-11-9-8-10-24(25)26)42-23-14-16-33-22(20-23)15-17-37(4)5/h8-14,16,18-20,36H,15,17H2,1-7H3,(H2,34,35,38). The molecule has 0 aliphatic heterocycles. The van der Waals surface area contributed by atoms with Crippen molar-refractivity contribution >= 4 is 43.9 Å². The molecule has 0 radical (unpaired) electrons. The van der Waals surface area contributed by atoms with Crippen LogP contribution >= 0.6 is 0 Å². The number of fused-ring (bicyclic) bond motifs is 1. The van der Waals surface area contributed by atoms with Crippen LogP contribution in [0.3, 0.4) is 0 Å². The molecule has 4 aromatic rings. The number of hydrogen-bond acceptors (Lipinski definition) is 7. The van der Waals surface area contributed by atoms with E-state index in [1.54, 1.807) is 24.4 Å². The van der Waals surface area contributed by atoms with Gasteiger partial charge in [0.1, 0.15) is 11.5 Å². The van der Waals surface area contributed by atoms with Gasteiger partial charge in [-0.15, -0.1) is 0 Å². The van der Waals surface area contributed by atoms with Gasteiger partial charge in [-0.3, -0.25) is 9.71 Å². The molecule has 228 valence electrons. The van der Waals surface area contributed by atoms with Crippen LogP contribution in [0.15, 0.2) is 66.9 Å². The van der Waals surface area contributed by atoms with Gasteiger partial charge in [0.15, 0.2) is 5.75 Å². The van der Waals surface area contributed by atoms with Crippen LogP contribution in [0.5, 0.6) is 17.2 Å². The zero-order chi connectivity index (χ0) is 31.4. The van der Waals surface area contributed by atoms with Crippen LogP contribution in [0.2, 0.25) is 0 Å². The van der Waals surface area contributed by atoms with Gasteiger partial charge in [-0.05, 0) is 55.4 Å². The molecule has 0 aliphatic carbocycles. The summed E-state index contributed by atoms with van der Waals surface area (Å²) in [6, 6.07) is 18.0. The number of pyridine rings is 1. The second kappa shape index (κ2) is 12.9. The topological polar surface area (TPSA) is 122 Å². The van der Waals surface area contributed by atoms with Crippen LogP contribution in [0.25, 0.3) is 10.8 Å². The minimum atomic E-state index is -3.60. The fourth-order valence-electron chi connectivity index (χ4n) is 4.52. The van der Waals surface area contributed by atoms with E-state index in [1.165, 1.54) is 7.11 Å². The predicted octanol–water partition coefficient (Wildman–Crippen LogP) is 6.45. The van der Waals surface area contributed by atoms with Crippen molar-refractivity contribution in [1.82, 2.24) is 9.88 Å². The minimum Gasteiger partial charge on any atom is -0.492 e. The Labute approximate surface area is 253 Å². The molecule has 1 aromatic heterocycles. The van der Waals surface area contributed by atoms with E-state index in [0.717, 1.165) is 41.3 Å². The SMILES string of the molecule is COc1c(NC(=O)Nc2ccc(Oc3ccnc(CCN(C)C)c3)c3ccccc23)cc(C(C)(C)C)cc1NS(C)(=O)=O. The molecular weight excluding hydrogens is 566 g/mol. The fourth-order valence-corrected chi connectivity index (χ4v) is 5.07. The summed E-state index contributed by atoms with van der Waals surface area (Å²) < 4.78 is 38.4. The fraction of sp³-hybridized carbons (Fsp3) is 0.312. The quantitative estimate of drug-likeness (QED) is 0.190. The highest BCUT2D eigenvalue weighted by Gasteiger charge is 2.22. The highest BCUT2D eigenvalue weighted by Crippen LogP contribution is 2.40. The summed E-state index contributed by atoms with van der Waals surface area (Å²) in [6.07, 6.45) is 3.61. The van der Waals surface area contributed by atoms with Gasteiger partial charge in [0.05, 0.1) is 30.4 Å². The number of methoxy groups -OCH3 is 1. The molecule has 0 fully saturated rings. The molecule has 1 heterocycles. The first-order chi connectivity index (χ1) is 20.2. The zero-order valence-electron chi connectivity index (χ0n) is 25.6. The molecule has 0 aliphatic rings. The molecule has 4 rings (SSSR count). The van der Waals surface area contributed by atoms with Crippen molar-refractivity contribution in [3.63, 3.8) is 0 Å². The number of ether oxygens (including phenoxy) is 2. The second-order valence-corrected chi connectivity index (χ2v) is 13.4. The number of sulfonamides is 1. The molecule has 0 atom stereocenters. The summed E-state index contributed by atoms with van der Waals surface area (Å²) in [4.78, 5) is 19.9. The summed E-state index contributed by atoms with van der Waals surface area (Å²) in [5.74, 6) is 1.52. The van der Waals surface area contributed by atoms with E-state index in [2.05, 4.69) is 25.2 Å². The molecule has 0 unspecified atom stereocenters. The number of rotatable bonds is 10. The lowest BCUT2D eigenvalue weighted by Gasteiger charge is -2.24. The number of amides is 2. The van der Waals surface area contributed by atoms with Gasteiger partial charge in [-0.1, -0.05) is 45.0 Å². The van der Waals surface area contributed by atoms with Crippen molar-refractivity contribution in [3.8, 4) is 17.2 Å². The molecule has 2 amide bonds. The van der Waals surface area contributed by atoms with Crippen LogP contribution in [0, 0.1) is 0 Å². The number of hydrogen-bond donors (Lipinski definition) is 3. The lowest BCUT2D eigenvalue weighted by molar-refractivity contribution is 0.262. The van der Waals surface area contributed by atoms with E-state index in [0.29, 0.717) is 22.9 Å². The molecule has 0 spiro atoms. The molecule has 10 nitrogen and oxygen atoms in total. The van der Waals surface area contributed by atoms with Crippen LogP contribution in [0.4, 0.5) is 21.9 Å². The summed E-state index contributed by atoms with van der Waals surface area (Å²) in [5, 5.41) is 7.37. The van der Waals surface area contributed by atoms with Gasteiger partial charge >= 0.3 is 6.03 Å². The zero-order valence-corrected chi connectivity index (χ0v) is 26.4. The third kappa shape index (κ3) is 8.36. The average molecular weight is 606 g/mol. The van der Waals surface area contributed by atoms with Gasteiger partial charge in [-0.25, -0.2) is 13.2 Å². The first kappa shape index (κ1) is 31.6. The number of benzene rings is 3. The van der Waals surface area contributed by atoms with Gasteiger partial charge in [-0.2, -0.15) is 0 Å². The van der Waals surface area contributed by atoms with Crippen LogP contribution in [-0.2, 0) is 21.9 Å². The Bertz CT molecular complexity index is 1730. The number of aromatic nitrogens is 1. The Kier molecular flexibility index (Phi) is 9.46. The molecule has 43 heavy (non-hydrogen) atoms. The van der Waals surface area contributed by atoms with Crippen LogP contribution in [0.1, 0.15) is 32.0 Å². The smallest absolute Gasteiger partial charge is 0.323 e. The number of urea groups is 1. The minimum absolute atomic E-state index is 0.199. The molecule has 0 bridgehead atoms. The van der Waals surface area contributed by atoms with Gasteiger partial charge in [0.25, 0.3) is 0 Å². The first-order valence-corrected chi connectivity index (χ1v) is 15.7. The predicted molar refractivity (Wildman–Crippen MR) is 173 cm³/mol. The Morgan fingerprint density at radius 3 is 2.26 bits per heavy atom. The highest BCUT2D eigenvalue weighted by atomic mass is 32.2. The summed E-state index contributed by atoms with van der Waals surface area (Å²) in [6.45, 7) is 6.86. The Morgan fingerprint density at radius 1 is 0.930 bits per heavy atom. The monoisotopic (exact) mass is 605 g/mol. The maximum Gasteiger partial charge on any atom is 0.323 e. The molecule has 0 saturated carbocycles. The summed E-state index contributed by atoms with van der Waals surface area (Å²) in [7, 11) is 1.86. The van der Waals surface area contributed by atoms with Gasteiger partial charge in [0, 0.05) is 41.7 Å². The third-order valence-electron chi connectivity index (χ3n) is 6.67. The van der Waals surface area contributed by atoms with Crippen LogP contribution < -0.4 is 24.8 Å². The van der Waals surface area contributed by atoms with E-state index in [1.807, 2.05) is 77.3 Å². The molecule has 3 N–H and O–H groups in total. The Hall–Kier alpha value is -4.35. The van der Waals surface area contributed by atoms with Crippen molar-refractivity contribution in [2.24, 2.45) is 0 Å². The highest BCUT2D eigenvalue weighted by molar-refractivity contribution is 7.92. The third-order valence-corrected chi connectivity index (χ3v) is 7.26. The Morgan fingerprint density at radius 2 is 1.60 bits per heavy atom. The summed E-state index contributed by atoms with van der Waals surface area (Å²) >= 11 is 0. The molecule has 11 heteroatoms. The average Bonchev–Trinajstić information content (AvgIpc) is 2.92. The maximum absolute atomic E-state index is 13.3. The number of nitrogens with zero attached hydrogens (tertiary/aromatic N) is 2. The normalized spacial score (nSPS) is 11.8. The number of carbonyl (C=O) groups excluding carboxylic acids is 1. The van der Waals surface area contributed by atoms with Gasteiger partial charge < -0.3 is 25.0 Å². The van der Waals surface area contributed by atoms with Crippen LogP contribution in [-0.4, -0.2) is 58.3 Å². The van der Waals surface area contributed by atoms with E-state index >= 15 is 0 Å². The Balaban J connectivity index is 1.62. The van der Waals surface area contributed by atoms with Crippen molar-refractivity contribution in [3.05, 3.63) is 78.1 Å². The van der Waals surface area contributed by atoms with Crippen molar-refractivity contribution in [2.45, 2.75) is 32.6 Å². The lowest BCUT2D eigenvalue weighted by Crippen LogP contribution is -2.22. The van der Waals surface area contributed by atoms with E-state index < -0.39 is 16.1 Å². The number of carbonyl (C=O) groups is 1. The molecular formula is C32H39N5O5S. The van der Waals surface area contributed by atoms with Crippen molar-refractivity contribution < 1.29 is 22.7 Å². The molecule has 0 saturated heterocycles. The first-order valence-electron chi connectivity index (χ1n) is 13.8. The van der Waals surface area contributed by atoms with Crippen molar-refractivity contribution in [2.75, 3.05) is 49.4 Å². The van der Waals surface area contributed by atoms with E-state index in [-0.39, 0.29) is 16.9 Å². The van der Waals surface area contributed by atoms with Crippen molar-refractivity contribution in [1.29, 1.82) is 0 Å². The number of likely N-dealkylation sites (N-methyl/N-ethyl adjacent to an activating group) is 1. The van der Waals surface area contributed by atoms with E-state index in [9.17, 15) is 13.2 Å². The number of anilines is 3. The second-order valence-electron chi connectivity index (χ2n) is 11.6. The largest absolute Gasteiger partial charge is 0.492 e. The summed E-state index contributed by atoms with van der Waals surface area (Å²) in [5.41, 5.74) is 2.55. The van der Waals surface area contributed by atoms with Gasteiger partial charge in [0.2, 0.25) is 10.0 Å². The maximum atomic E-state index is 13.3. The van der Waals surface area contributed by atoms with E-state index in [4.69, 9.17) is 9.47 Å². The molecule has 3 aromatic carbocycles. The lowest BCUT2D eigenvalue weighted by atomic mass is 9.86. The number of nitrogens with one attached hydrogen (secondary N) is 3.